The molecule has 0 aromatic heterocycles. The summed E-state index contributed by atoms with van der Waals surface area (Å²) < 4.78 is 11.2. The summed E-state index contributed by atoms with van der Waals surface area (Å²) in [6.45, 7) is 3.77. The molecule has 1 heterocycles. The molecule has 7 atom stereocenters. The highest BCUT2D eigenvalue weighted by atomic mass is 16.7. The molecular formula is C50H95NO8. The van der Waals surface area contributed by atoms with Crippen LogP contribution in [0.5, 0.6) is 0 Å². The number of nitrogens with one attached hydrogen (secondary N) is 1. The fourth-order valence-electron chi connectivity index (χ4n) is 8.00. The minimum atomic E-state index is -1.57. The van der Waals surface area contributed by atoms with Gasteiger partial charge < -0.3 is 40.3 Å². The average molecular weight is 838 g/mol. The lowest BCUT2D eigenvalue weighted by molar-refractivity contribution is -0.302. The predicted octanol–water partition coefficient (Wildman–Crippen LogP) is 11.1. The summed E-state index contributed by atoms with van der Waals surface area (Å²) >= 11 is 0. The van der Waals surface area contributed by atoms with Gasteiger partial charge in [-0.1, -0.05) is 218 Å². The highest BCUT2D eigenvalue weighted by molar-refractivity contribution is 5.76. The zero-order valence-electron chi connectivity index (χ0n) is 38.3. The summed E-state index contributed by atoms with van der Waals surface area (Å²) in [6, 6.07) is -0.816. The Balaban J connectivity index is 2.30. The summed E-state index contributed by atoms with van der Waals surface area (Å²) in [5.41, 5.74) is 0. The third kappa shape index (κ3) is 31.2. The first-order chi connectivity index (χ1) is 28.8. The monoisotopic (exact) mass is 838 g/mol. The molecule has 0 aliphatic carbocycles. The summed E-state index contributed by atoms with van der Waals surface area (Å²) in [5, 5.41) is 54.2. The first-order valence-electron chi connectivity index (χ1n) is 25.1. The standard InChI is InChI=1S/C50H95NO8/c1-3-5-7-9-11-13-15-17-19-20-21-22-23-24-26-28-30-32-34-36-38-40-46(54)51-43(42-58-50-49(57)48(56)47(55)45(41-52)59-50)44(53)39-37-35-33-31-29-27-25-18-16-14-12-10-8-6-4-2/h29,31,37,39,43-45,47-50,52-53,55-57H,3-28,30,32-36,38,40-42H2,1-2H3,(H,51,54)/b31-29+,39-37+/t43-,44+,45-,47-,48?,49?,50-/m0/s1. The number of hydrogen-bond donors (Lipinski definition) is 6. The van der Waals surface area contributed by atoms with Crippen molar-refractivity contribution in [2.24, 2.45) is 0 Å². The van der Waals surface area contributed by atoms with E-state index in [2.05, 4.69) is 31.3 Å². The zero-order valence-corrected chi connectivity index (χ0v) is 38.3. The molecular weight excluding hydrogens is 743 g/mol. The van der Waals surface area contributed by atoms with Crippen molar-refractivity contribution in [2.45, 2.75) is 275 Å². The number of carbonyl (C=O) groups excluding carboxylic acids is 1. The highest BCUT2D eigenvalue weighted by Gasteiger charge is 2.44. The molecule has 6 N–H and O–H groups in total. The molecule has 1 rings (SSSR count). The van der Waals surface area contributed by atoms with E-state index in [0.29, 0.717) is 6.42 Å². The fourth-order valence-corrected chi connectivity index (χ4v) is 8.00. The Bertz CT molecular complexity index is 977. The molecule has 59 heavy (non-hydrogen) atoms. The van der Waals surface area contributed by atoms with Crippen molar-refractivity contribution in [1.29, 1.82) is 0 Å². The van der Waals surface area contributed by atoms with Crippen LogP contribution in [0.4, 0.5) is 0 Å². The van der Waals surface area contributed by atoms with Crippen molar-refractivity contribution in [3.63, 3.8) is 0 Å². The Morgan fingerprint density at radius 3 is 1.42 bits per heavy atom. The van der Waals surface area contributed by atoms with Crippen LogP contribution >= 0.6 is 0 Å². The number of unbranched alkanes of at least 4 members (excludes halogenated alkanes) is 30. The number of hydrogen-bond acceptors (Lipinski definition) is 8. The fraction of sp³-hybridized carbons (Fsp3) is 0.900. The Kier molecular flexibility index (Phi) is 38.4. The van der Waals surface area contributed by atoms with Crippen LogP contribution in [0.2, 0.25) is 0 Å². The summed E-state index contributed by atoms with van der Waals surface area (Å²) in [6.07, 6.45) is 42.3. The summed E-state index contributed by atoms with van der Waals surface area (Å²) in [4.78, 5) is 13.0. The van der Waals surface area contributed by atoms with Gasteiger partial charge in [0.2, 0.25) is 5.91 Å². The second kappa shape index (κ2) is 40.7. The van der Waals surface area contributed by atoms with Crippen molar-refractivity contribution in [2.75, 3.05) is 13.2 Å². The molecule has 1 aliphatic heterocycles. The second-order valence-corrected chi connectivity index (χ2v) is 17.6. The molecule has 0 radical (unpaired) electrons. The smallest absolute Gasteiger partial charge is 0.220 e. The highest BCUT2D eigenvalue weighted by Crippen LogP contribution is 2.23. The van der Waals surface area contributed by atoms with Crippen LogP contribution in [0.25, 0.3) is 0 Å². The zero-order chi connectivity index (χ0) is 43.0. The Hall–Kier alpha value is -1.33. The van der Waals surface area contributed by atoms with E-state index in [4.69, 9.17) is 9.47 Å². The third-order valence-electron chi connectivity index (χ3n) is 12.0. The van der Waals surface area contributed by atoms with Crippen molar-refractivity contribution in [3.05, 3.63) is 24.3 Å². The lowest BCUT2D eigenvalue weighted by Gasteiger charge is -2.40. The number of carbonyl (C=O) groups is 1. The SMILES string of the molecule is CCCCCCCCCCC/C=C/CC/C=C/[C@@H](O)[C@H](CO[C@H]1O[C@@H](CO)[C@H](O)C(O)C1O)NC(=O)CCCCCCCCCCCCCCCCCCCCCCC. The van der Waals surface area contributed by atoms with Crippen LogP contribution in [0.15, 0.2) is 24.3 Å². The van der Waals surface area contributed by atoms with Crippen molar-refractivity contribution in [3.8, 4) is 0 Å². The van der Waals surface area contributed by atoms with Crippen LogP contribution < -0.4 is 5.32 Å². The van der Waals surface area contributed by atoms with E-state index in [1.165, 1.54) is 173 Å². The molecule has 0 saturated carbocycles. The van der Waals surface area contributed by atoms with Gasteiger partial charge in [-0.25, -0.2) is 0 Å². The van der Waals surface area contributed by atoms with Gasteiger partial charge in [0.25, 0.3) is 0 Å². The van der Waals surface area contributed by atoms with Gasteiger partial charge in [-0.3, -0.25) is 4.79 Å². The lowest BCUT2D eigenvalue weighted by Crippen LogP contribution is -2.60. The van der Waals surface area contributed by atoms with Crippen molar-refractivity contribution < 1.29 is 39.8 Å². The van der Waals surface area contributed by atoms with E-state index in [-0.39, 0.29) is 12.5 Å². The molecule has 0 aromatic carbocycles. The van der Waals surface area contributed by atoms with Crippen LogP contribution in [0.3, 0.4) is 0 Å². The van der Waals surface area contributed by atoms with Gasteiger partial charge in [0.1, 0.15) is 24.4 Å². The van der Waals surface area contributed by atoms with E-state index < -0.39 is 49.5 Å². The number of aliphatic hydroxyl groups is 5. The number of amides is 1. The van der Waals surface area contributed by atoms with Gasteiger partial charge >= 0.3 is 0 Å². The Morgan fingerprint density at radius 1 is 0.559 bits per heavy atom. The maximum absolute atomic E-state index is 13.0. The molecule has 0 spiro atoms. The van der Waals surface area contributed by atoms with Crippen LogP contribution in [-0.2, 0) is 14.3 Å². The normalized spacial score (nSPS) is 20.8. The van der Waals surface area contributed by atoms with Gasteiger partial charge in [0.05, 0.1) is 25.4 Å². The van der Waals surface area contributed by atoms with Gasteiger partial charge in [0, 0.05) is 6.42 Å². The van der Waals surface area contributed by atoms with Crippen LogP contribution in [0, 0.1) is 0 Å². The van der Waals surface area contributed by atoms with Gasteiger partial charge in [-0.15, -0.1) is 0 Å². The molecule has 1 amide bonds. The molecule has 1 aliphatic rings. The van der Waals surface area contributed by atoms with E-state index in [1.807, 2.05) is 6.08 Å². The third-order valence-corrected chi connectivity index (χ3v) is 12.0. The largest absolute Gasteiger partial charge is 0.394 e. The minimum Gasteiger partial charge on any atom is -0.394 e. The first kappa shape index (κ1) is 55.7. The molecule has 2 unspecified atom stereocenters. The first-order valence-corrected chi connectivity index (χ1v) is 25.1. The number of aliphatic hydroxyl groups excluding tert-OH is 5. The summed E-state index contributed by atoms with van der Waals surface area (Å²) in [5.74, 6) is -0.183. The van der Waals surface area contributed by atoms with Crippen molar-refractivity contribution >= 4 is 5.91 Å². The second-order valence-electron chi connectivity index (χ2n) is 17.6. The molecule has 1 fully saturated rings. The van der Waals surface area contributed by atoms with Crippen LogP contribution in [-0.4, -0.2) is 87.5 Å². The molecule has 9 nitrogen and oxygen atoms in total. The van der Waals surface area contributed by atoms with E-state index in [1.54, 1.807) is 6.08 Å². The maximum Gasteiger partial charge on any atom is 0.220 e. The quantitative estimate of drug-likeness (QED) is 0.0263. The number of allylic oxidation sites excluding steroid dienone is 3. The number of ether oxygens (including phenoxy) is 2. The van der Waals surface area contributed by atoms with E-state index in [9.17, 15) is 30.3 Å². The average Bonchev–Trinajstić information content (AvgIpc) is 3.23. The molecule has 9 heteroatoms. The topological polar surface area (TPSA) is 149 Å². The molecule has 348 valence electrons. The van der Waals surface area contributed by atoms with Crippen molar-refractivity contribution in [1.82, 2.24) is 5.32 Å². The minimum absolute atomic E-state index is 0.183. The lowest BCUT2D eigenvalue weighted by atomic mass is 9.99. The van der Waals surface area contributed by atoms with Crippen LogP contribution in [0.1, 0.15) is 232 Å². The molecule has 0 bridgehead atoms. The molecule has 0 aromatic rings. The Labute approximate surface area is 362 Å². The maximum atomic E-state index is 13.0. The summed E-state index contributed by atoms with van der Waals surface area (Å²) in [7, 11) is 0. The predicted molar refractivity (Wildman–Crippen MR) is 244 cm³/mol. The van der Waals surface area contributed by atoms with E-state index >= 15 is 0 Å². The van der Waals surface area contributed by atoms with Gasteiger partial charge in [-0.05, 0) is 32.1 Å². The van der Waals surface area contributed by atoms with Gasteiger partial charge in [-0.2, -0.15) is 0 Å². The van der Waals surface area contributed by atoms with Gasteiger partial charge in [0.15, 0.2) is 6.29 Å². The van der Waals surface area contributed by atoms with E-state index in [0.717, 1.165) is 38.5 Å². The molecule has 1 saturated heterocycles. The number of rotatable bonds is 42. The Morgan fingerprint density at radius 2 is 0.966 bits per heavy atom.